The van der Waals surface area contributed by atoms with Gasteiger partial charge in [-0.2, -0.15) is 0 Å². The number of hydrogen-bond donors (Lipinski definition) is 1. The zero-order chi connectivity index (χ0) is 23.6. The van der Waals surface area contributed by atoms with E-state index >= 15 is 0 Å². The normalized spacial score (nSPS) is 11.4. The van der Waals surface area contributed by atoms with Crippen LogP contribution in [0.1, 0.15) is 15.4 Å². The summed E-state index contributed by atoms with van der Waals surface area (Å²) < 4.78 is 50.4. The van der Waals surface area contributed by atoms with Gasteiger partial charge in [-0.05, 0) is 47.5 Å². The van der Waals surface area contributed by atoms with Crippen molar-refractivity contribution >= 4 is 27.1 Å². The predicted molar refractivity (Wildman–Crippen MR) is 124 cm³/mol. The molecule has 4 rings (SSSR count). The Hall–Kier alpha value is -3.43. The Morgan fingerprint density at radius 1 is 0.939 bits per heavy atom. The number of benzene rings is 3. The van der Waals surface area contributed by atoms with Crippen molar-refractivity contribution in [2.75, 3.05) is 6.26 Å². The molecule has 9 heteroatoms. The van der Waals surface area contributed by atoms with Gasteiger partial charge in [-0.15, -0.1) is 11.3 Å². The van der Waals surface area contributed by atoms with Crippen LogP contribution in [0, 0.1) is 11.6 Å². The van der Waals surface area contributed by atoms with Crippen molar-refractivity contribution < 1.29 is 22.0 Å². The van der Waals surface area contributed by atoms with Gasteiger partial charge in [0.15, 0.2) is 14.8 Å². The van der Waals surface area contributed by atoms with Gasteiger partial charge in [-0.1, -0.05) is 36.4 Å². The van der Waals surface area contributed by atoms with Crippen LogP contribution in [0.5, 0.6) is 0 Å². The summed E-state index contributed by atoms with van der Waals surface area (Å²) >= 11 is 1.13. The van der Waals surface area contributed by atoms with Crippen molar-refractivity contribution in [3.63, 3.8) is 0 Å². The minimum Gasteiger partial charge on any atom is -0.346 e. The lowest BCUT2D eigenvalue weighted by Crippen LogP contribution is -2.22. The molecule has 0 aliphatic rings. The Morgan fingerprint density at radius 3 is 2.24 bits per heavy atom. The summed E-state index contributed by atoms with van der Waals surface area (Å²) in [5.41, 5.74) is 2.36. The molecule has 0 radical (unpaired) electrons. The Kier molecular flexibility index (Phi) is 6.35. The number of aromatic nitrogens is 1. The highest BCUT2D eigenvalue weighted by Gasteiger charge is 2.20. The van der Waals surface area contributed by atoms with Crippen LogP contribution in [-0.4, -0.2) is 25.6 Å². The first-order chi connectivity index (χ1) is 15.7. The number of carbonyl (C=O) groups is 1. The first kappa shape index (κ1) is 22.8. The lowest BCUT2D eigenvalue weighted by Gasteiger charge is -2.04. The van der Waals surface area contributed by atoms with Gasteiger partial charge in [0.25, 0.3) is 5.91 Å². The van der Waals surface area contributed by atoms with Crippen molar-refractivity contribution in [1.82, 2.24) is 10.3 Å². The third-order valence-corrected chi connectivity index (χ3v) is 7.06. The third-order valence-electron chi connectivity index (χ3n) is 4.83. The van der Waals surface area contributed by atoms with Gasteiger partial charge in [-0.25, -0.2) is 22.2 Å². The molecule has 5 nitrogen and oxygen atoms in total. The maximum Gasteiger partial charge on any atom is 0.280 e. The van der Waals surface area contributed by atoms with Crippen molar-refractivity contribution in [3.05, 3.63) is 95.0 Å². The molecule has 4 aromatic rings. The van der Waals surface area contributed by atoms with E-state index < -0.39 is 27.4 Å². The highest BCUT2D eigenvalue weighted by molar-refractivity contribution is 7.90. The lowest BCUT2D eigenvalue weighted by molar-refractivity contribution is 0.0950. The van der Waals surface area contributed by atoms with Crippen molar-refractivity contribution in [3.8, 4) is 21.7 Å². The predicted octanol–water partition coefficient (Wildman–Crippen LogP) is 5.09. The molecule has 1 N–H and O–H groups in total. The highest BCUT2D eigenvalue weighted by atomic mass is 32.2. The van der Waals surface area contributed by atoms with E-state index in [0.717, 1.165) is 17.6 Å². The van der Waals surface area contributed by atoms with Crippen LogP contribution in [0.3, 0.4) is 0 Å². The first-order valence-electron chi connectivity index (χ1n) is 9.80. The molecule has 0 atom stereocenters. The second-order valence-corrected chi connectivity index (χ2v) is 10.3. The van der Waals surface area contributed by atoms with Crippen LogP contribution in [0.15, 0.2) is 77.7 Å². The zero-order valence-electron chi connectivity index (χ0n) is 17.4. The van der Waals surface area contributed by atoms with E-state index in [1.165, 1.54) is 36.4 Å². The van der Waals surface area contributed by atoms with Gasteiger partial charge in [0, 0.05) is 18.4 Å². The monoisotopic (exact) mass is 484 g/mol. The van der Waals surface area contributed by atoms with E-state index in [4.69, 9.17) is 0 Å². The second-order valence-electron chi connectivity index (χ2n) is 7.31. The summed E-state index contributed by atoms with van der Waals surface area (Å²) in [4.78, 5) is 18.1. The van der Waals surface area contributed by atoms with Crippen molar-refractivity contribution in [2.45, 2.75) is 11.4 Å². The summed E-state index contributed by atoms with van der Waals surface area (Å²) in [5, 5.41) is 2.90. The Balaban J connectivity index is 1.69. The van der Waals surface area contributed by atoms with Crippen LogP contribution in [-0.2, 0) is 16.4 Å². The fourth-order valence-corrected chi connectivity index (χ4v) is 4.81. The van der Waals surface area contributed by atoms with E-state index in [2.05, 4.69) is 10.3 Å². The summed E-state index contributed by atoms with van der Waals surface area (Å²) in [7, 11) is -3.36. The SMILES string of the molecule is CS(=O)(=O)c1ccc(-c2nc(C(=O)NCc3cccc(F)c3)sc2-c2ccc(F)cc2)cc1. The van der Waals surface area contributed by atoms with Gasteiger partial charge >= 0.3 is 0 Å². The molecule has 0 saturated heterocycles. The van der Waals surface area contributed by atoms with Gasteiger partial charge in [0.05, 0.1) is 15.5 Å². The molecule has 0 aliphatic carbocycles. The van der Waals surface area contributed by atoms with Gasteiger partial charge in [0.2, 0.25) is 0 Å². The minimum absolute atomic E-state index is 0.125. The lowest BCUT2D eigenvalue weighted by atomic mass is 10.1. The molecule has 0 spiro atoms. The molecule has 168 valence electrons. The maximum absolute atomic E-state index is 13.4. The van der Waals surface area contributed by atoms with E-state index in [1.54, 1.807) is 36.4 Å². The van der Waals surface area contributed by atoms with Crippen molar-refractivity contribution in [2.24, 2.45) is 0 Å². The molecule has 1 aromatic heterocycles. The largest absolute Gasteiger partial charge is 0.346 e. The van der Waals surface area contributed by atoms with Crippen LogP contribution >= 0.6 is 11.3 Å². The summed E-state index contributed by atoms with van der Waals surface area (Å²) in [6.07, 6.45) is 1.12. The Bertz CT molecular complexity index is 1420. The average Bonchev–Trinajstić information content (AvgIpc) is 3.23. The fraction of sp³-hybridized carbons (Fsp3) is 0.0833. The average molecular weight is 485 g/mol. The van der Waals surface area contributed by atoms with E-state index in [0.29, 0.717) is 27.3 Å². The summed E-state index contributed by atoms with van der Waals surface area (Å²) in [6.45, 7) is 0.125. The van der Waals surface area contributed by atoms with Gasteiger partial charge in [0.1, 0.15) is 11.6 Å². The number of rotatable bonds is 6. The van der Waals surface area contributed by atoms with Crippen LogP contribution in [0.4, 0.5) is 8.78 Å². The molecule has 0 bridgehead atoms. The summed E-state index contributed by atoms with van der Waals surface area (Å²) in [5.74, 6) is -1.23. The zero-order valence-corrected chi connectivity index (χ0v) is 19.0. The molecule has 3 aromatic carbocycles. The molecule has 1 heterocycles. The topological polar surface area (TPSA) is 76.1 Å². The Labute approximate surface area is 193 Å². The van der Waals surface area contributed by atoms with Crippen LogP contribution in [0.25, 0.3) is 21.7 Å². The van der Waals surface area contributed by atoms with E-state index in [9.17, 15) is 22.0 Å². The molecule has 0 aliphatic heterocycles. The standard InChI is InChI=1S/C24H18F2N2O3S2/c1-33(30,31)20-11-7-16(8-12-20)21-22(17-5-9-18(25)10-6-17)32-24(28-21)23(29)27-14-15-3-2-4-19(26)13-15/h2-13H,14H2,1H3,(H,27,29). The molecule has 1 amide bonds. The maximum atomic E-state index is 13.4. The van der Waals surface area contributed by atoms with Crippen molar-refractivity contribution in [1.29, 1.82) is 0 Å². The number of nitrogens with one attached hydrogen (secondary N) is 1. The quantitative estimate of drug-likeness (QED) is 0.414. The number of halogens is 2. The fourth-order valence-electron chi connectivity index (χ4n) is 3.17. The summed E-state index contributed by atoms with van der Waals surface area (Å²) in [6, 6.07) is 17.9. The number of nitrogens with zero attached hydrogens (tertiary/aromatic N) is 1. The third kappa shape index (κ3) is 5.32. The van der Waals surface area contributed by atoms with Gasteiger partial charge in [-0.3, -0.25) is 4.79 Å². The van der Waals surface area contributed by atoms with Crippen LogP contribution in [0.2, 0.25) is 0 Å². The number of thiazole rings is 1. The highest BCUT2D eigenvalue weighted by Crippen LogP contribution is 2.37. The van der Waals surface area contributed by atoms with E-state index in [-0.39, 0.29) is 16.4 Å². The van der Waals surface area contributed by atoms with E-state index in [1.807, 2.05) is 0 Å². The minimum atomic E-state index is -3.36. The molecular formula is C24H18F2N2O3S2. The Morgan fingerprint density at radius 2 is 1.61 bits per heavy atom. The molecular weight excluding hydrogens is 466 g/mol. The second kappa shape index (κ2) is 9.21. The van der Waals surface area contributed by atoms with Crippen LogP contribution < -0.4 is 5.32 Å². The molecule has 0 unspecified atom stereocenters. The first-order valence-corrected chi connectivity index (χ1v) is 12.5. The molecule has 0 saturated carbocycles. The molecule has 0 fully saturated rings. The molecule has 33 heavy (non-hydrogen) atoms. The number of carbonyl (C=O) groups excluding carboxylic acids is 1. The number of sulfone groups is 1. The smallest absolute Gasteiger partial charge is 0.280 e. The van der Waals surface area contributed by atoms with Gasteiger partial charge < -0.3 is 5.32 Å². The number of amides is 1. The number of hydrogen-bond acceptors (Lipinski definition) is 5.